The lowest BCUT2D eigenvalue weighted by molar-refractivity contribution is 0.268. The fourth-order valence-electron chi connectivity index (χ4n) is 3.90. The van der Waals surface area contributed by atoms with Crippen molar-refractivity contribution in [2.45, 2.75) is 35.5 Å². The summed E-state index contributed by atoms with van der Waals surface area (Å²) in [7, 11) is -4.16. The highest BCUT2D eigenvalue weighted by Gasteiger charge is 2.25. The van der Waals surface area contributed by atoms with Gasteiger partial charge in [0.1, 0.15) is 11.5 Å². The molecule has 0 spiro atoms. The standard InChI is InChI=1S/C22H30N2O6S2/c1-29-19-6-10-21(11-7-19)31(25,26)23-15-17-4-3-5-18(14-17)16-24-32(27,28)22-12-8-20(30-2)9-13-22/h6-13,17-18,23-24H,3-5,14-16H2,1-2H3/t17-,18-/m1/s1. The van der Waals surface area contributed by atoms with E-state index in [0.29, 0.717) is 24.6 Å². The van der Waals surface area contributed by atoms with Crippen LogP contribution in [0.2, 0.25) is 0 Å². The summed E-state index contributed by atoms with van der Waals surface area (Å²) in [5.41, 5.74) is 0. The van der Waals surface area contributed by atoms with E-state index in [9.17, 15) is 16.8 Å². The van der Waals surface area contributed by atoms with E-state index in [0.717, 1.165) is 25.7 Å². The maximum atomic E-state index is 12.6. The molecular formula is C22H30N2O6S2. The van der Waals surface area contributed by atoms with Gasteiger partial charge in [-0.15, -0.1) is 0 Å². The molecule has 2 aromatic rings. The summed E-state index contributed by atoms with van der Waals surface area (Å²) in [6.45, 7) is 0.659. The van der Waals surface area contributed by atoms with Gasteiger partial charge in [-0.3, -0.25) is 0 Å². The number of methoxy groups -OCH3 is 2. The van der Waals surface area contributed by atoms with Crippen LogP contribution in [0.1, 0.15) is 25.7 Å². The zero-order valence-corrected chi connectivity index (χ0v) is 19.9. The number of hydrogen-bond donors (Lipinski definition) is 2. The summed E-state index contributed by atoms with van der Waals surface area (Å²) in [6, 6.07) is 12.5. The Morgan fingerprint density at radius 2 is 1.09 bits per heavy atom. The largest absolute Gasteiger partial charge is 0.497 e. The first-order valence-electron chi connectivity index (χ1n) is 10.5. The molecule has 0 heterocycles. The van der Waals surface area contributed by atoms with Crippen LogP contribution in [0.4, 0.5) is 0 Å². The molecule has 0 bridgehead atoms. The van der Waals surface area contributed by atoms with Gasteiger partial charge in [0.2, 0.25) is 20.0 Å². The van der Waals surface area contributed by atoms with Crippen LogP contribution in [0, 0.1) is 11.8 Å². The number of sulfonamides is 2. The molecule has 1 aliphatic carbocycles. The fourth-order valence-corrected chi connectivity index (χ4v) is 6.14. The topological polar surface area (TPSA) is 111 Å². The van der Waals surface area contributed by atoms with Crippen LogP contribution in [0.3, 0.4) is 0 Å². The maximum absolute atomic E-state index is 12.6. The predicted molar refractivity (Wildman–Crippen MR) is 122 cm³/mol. The molecule has 3 rings (SSSR count). The van der Waals surface area contributed by atoms with Gasteiger partial charge in [0.05, 0.1) is 24.0 Å². The zero-order valence-electron chi connectivity index (χ0n) is 18.3. The van der Waals surface area contributed by atoms with Crippen molar-refractivity contribution < 1.29 is 26.3 Å². The normalized spacial score (nSPS) is 19.4. The van der Waals surface area contributed by atoms with E-state index in [-0.39, 0.29) is 21.6 Å². The Balaban J connectivity index is 1.52. The van der Waals surface area contributed by atoms with E-state index in [1.165, 1.54) is 38.5 Å². The predicted octanol–water partition coefficient (Wildman–Crippen LogP) is 2.77. The van der Waals surface area contributed by atoms with Crippen LogP contribution in [0.5, 0.6) is 11.5 Å². The lowest BCUT2D eigenvalue weighted by Crippen LogP contribution is -2.35. The maximum Gasteiger partial charge on any atom is 0.240 e. The molecule has 176 valence electrons. The smallest absolute Gasteiger partial charge is 0.240 e. The second kappa shape index (κ2) is 10.7. The number of benzene rings is 2. The molecule has 0 amide bonds. The highest BCUT2D eigenvalue weighted by Crippen LogP contribution is 2.29. The minimum Gasteiger partial charge on any atom is -0.497 e. The number of ether oxygens (including phenoxy) is 2. The Kier molecular flexibility index (Phi) is 8.16. The van der Waals surface area contributed by atoms with Crippen molar-refractivity contribution in [2.24, 2.45) is 11.8 Å². The van der Waals surface area contributed by atoms with Crippen LogP contribution >= 0.6 is 0 Å². The third-order valence-electron chi connectivity index (χ3n) is 5.75. The Hall–Kier alpha value is -2.14. The molecule has 1 saturated carbocycles. The molecule has 0 aromatic heterocycles. The molecule has 0 radical (unpaired) electrons. The Morgan fingerprint density at radius 3 is 1.44 bits per heavy atom. The van der Waals surface area contributed by atoms with Crippen molar-refractivity contribution >= 4 is 20.0 Å². The van der Waals surface area contributed by atoms with Crippen LogP contribution in [0.25, 0.3) is 0 Å². The third kappa shape index (κ3) is 6.44. The highest BCUT2D eigenvalue weighted by atomic mass is 32.2. The lowest BCUT2D eigenvalue weighted by atomic mass is 9.81. The van der Waals surface area contributed by atoms with Gasteiger partial charge < -0.3 is 9.47 Å². The van der Waals surface area contributed by atoms with E-state index in [1.54, 1.807) is 24.3 Å². The monoisotopic (exact) mass is 482 g/mol. The lowest BCUT2D eigenvalue weighted by Gasteiger charge is -2.29. The summed E-state index contributed by atoms with van der Waals surface area (Å²) in [5, 5.41) is 0. The molecule has 0 saturated heterocycles. The van der Waals surface area contributed by atoms with Crippen molar-refractivity contribution in [3.8, 4) is 11.5 Å². The van der Waals surface area contributed by atoms with Gasteiger partial charge in [-0.2, -0.15) is 0 Å². The van der Waals surface area contributed by atoms with E-state index in [2.05, 4.69) is 9.44 Å². The number of nitrogens with one attached hydrogen (secondary N) is 2. The van der Waals surface area contributed by atoms with E-state index in [4.69, 9.17) is 9.47 Å². The van der Waals surface area contributed by atoms with Crippen LogP contribution in [-0.2, 0) is 20.0 Å². The Labute approximate surface area is 190 Å². The molecule has 0 aliphatic heterocycles. The molecule has 2 atom stereocenters. The van der Waals surface area contributed by atoms with Crippen molar-refractivity contribution in [1.29, 1.82) is 0 Å². The number of hydrogen-bond acceptors (Lipinski definition) is 6. The molecular weight excluding hydrogens is 452 g/mol. The Morgan fingerprint density at radius 1 is 0.719 bits per heavy atom. The quantitative estimate of drug-likeness (QED) is 0.539. The first kappa shape index (κ1) is 24.5. The third-order valence-corrected chi connectivity index (χ3v) is 8.63. The summed E-state index contributed by atoms with van der Waals surface area (Å²) < 4.78 is 65.8. The van der Waals surface area contributed by atoms with Crippen LogP contribution in [0.15, 0.2) is 58.3 Å². The highest BCUT2D eigenvalue weighted by molar-refractivity contribution is 7.89. The summed E-state index contributed by atoms with van der Waals surface area (Å²) in [6.07, 6.45) is 3.51. The first-order chi connectivity index (χ1) is 15.2. The van der Waals surface area contributed by atoms with Gasteiger partial charge in [0.25, 0.3) is 0 Å². The Bertz CT molecular complexity index is 997. The summed E-state index contributed by atoms with van der Waals surface area (Å²) in [4.78, 5) is 0.385. The zero-order chi connectivity index (χ0) is 23.2. The summed E-state index contributed by atoms with van der Waals surface area (Å²) in [5.74, 6) is 1.51. The minimum atomic E-state index is -3.61. The second-order valence-corrected chi connectivity index (χ2v) is 11.5. The van der Waals surface area contributed by atoms with Gasteiger partial charge in [-0.05, 0) is 79.6 Å². The molecule has 8 nitrogen and oxygen atoms in total. The van der Waals surface area contributed by atoms with Gasteiger partial charge in [-0.25, -0.2) is 26.3 Å². The molecule has 10 heteroatoms. The van der Waals surface area contributed by atoms with E-state index >= 15 is 0 Å². The SMILES string of the molecule is COc1ccc(S(=O)(=O)NC[C@@H]2CCC[C@@H](CNS(=O)(=O)c3ccc(OC)cc3)C2)cc1. The molecule has 1 fully saturated rings. The van der Waals surface area contributed by atoms with Gasteiger partial charge >= 0.3 is 0 Å². The van der Waals surface area contributed by atoms with E-state index < -0.39 is 20.0 Å². The molecule has 2 aromatic carbocycles. The van der Waals surface area contributed by atoms with Crippen LogP contribution < -0.4 is 18.9 Å². The van der Waals surface area contributed by atoms with Gasteiger partial charge in [-0.1, -0.05) is 6.42 Å². The fraction of sp³-hybridized carbons (Fsp3) is 0.455. The van der Waals surface area contributed by atoms with Crippen molar-refractivity contribution in [1.82, 2.24) is 9.44 Å². The molecule has 1 aliphatic rings. The van der Waals surface area contributed by atoms with Crippen molar-refractivity contribution in [2.75, 3.05) is 27.3 Å². The average molecular weight is 483 g/mol. The number of rotatable bonds is 10. The van der Waals surface area contributed by atoms with Crippen molar-refractivity contribution in [3.05, 3.63) is 48.5 Å². The molecule has 0 unspecified atom stereocenters. The van der Waals surface area contributed by atoms with Crippen LogP contribution in [-0.4, -0.2) is 44.1 Å². The first-order valence-corrected chi connectivity index (χ1v) is 13.5. The molecule has 32 heavy (non-hydrogen) atoms. The summed E-state index contributed by atoms with van der Waals surface area (Å²) >= 11 is 0. The average Bonchev–Trinajstić information content (AvgIpc) is 2.82. The van der Waals surface area contributed by atoms with Gasteiger partial charge in [0, 0.05) is 13.1 Å². The van der Waals surface area contributed by atoms with Gasteiger partial charge in [0.15, 0.2) is 0 Å². The minimum absolute atomic E-state index is 0.160. The second-order valence-electron chi connectivity index (χ2n) is 7.95. The molecule has 2 N–H and O–H groups in total. The van der Waals surface area contributed by atoms with Crippen molar-refractivity contribution in [3.63, 3.8) is 0 Å². The van der Waals surface area contributed by atoms with E-state index in [1.807, 2.05) is 0 Å².